The van der Waals surface area contributed by atoms with Gasteiger partial charge in [-0.3, -0.25) is 14.4 Å². The van der Waals surface area contributed by atoms with Gasteiger partial charge in [-0.1, -0.05) is 180 Å². The maximum atomic E-state index is 14.1. The zero-order chi connectivity index (χ0) is 94.1. The van der Waals surface area contributed by atoms with Crippen LogP contribution in [0.4, 0.5) is 0 Å². The molecule has 3 amide bonds. The van der Waals surface area contributed by atoms with Crippen LogP contribution in [0.2, 0.25) is 0 Å². The third kappa shape index (κ3) is 31.6. The van der Waals surface area contributed by atoms with Crippen LogP contribution in [-0.4, -0.2) is 415 Å². The lowest BCUT2D eigenvalue weighted by molar-refractivity contribution is -0.410. The lowest BCUT2D eigenvalue weighted by Crippen LogP contribution is -2.72. The van der Waals surface area contributed by atoms with Gasteiger partial charge in [0, 0.05) is 26.7 Å². The molecule has 0 spiro atoms. The second-order valence-electron chi connectivity index (χ2n) is 34.9. The van der Waals surface area contributed by atoms with Gasteiger partial charge in [0.25, 0.3) is 5.79 Å². The van der Waals surface area contributed by atoms with E-state index in [0.29, 0.717) is 12.8 Å². The summed E-state index contributed by atoms with van der Waals surface area (Å²) in [5, 5.41) is 257. The van der Waals surface area contributed by atoms with Crippen LogP contribution in [0.3, 0.4) is 0 Å². The highest BCUT2D eigenvalue weighted by Gasteiger charge is 2.64. The maximum Gasteiger partial charge on any atom is 0.364 e. The Bertz CT molecular complexity index is 3150. The van der Waals surface area contributed by atoms with Crippen molar-refractivity contribution in [3.05, 3.63) is 12.2 Å². The largest absolute Gasteiger partial charge is 0.477 e. The van der Waals surface area contributed by atoms with Gasteiger partial charge in [0.15, 0.2) is 37.7 Å². The fourth-order valence-corrected chi connectivity index (χ4v) is 17.2. The summed E-state index contributed by atoms with van der Waals surface area (Å²) in [6.07, 6.45) is -40.9. The van der Waals surface area contributed by atoms with Crippen LogP contribution in [0.5, 0.6) is 0 Å². The van der Waals surface area contributed by atoms with Gasteiger partial charge in [0.05, 0.1) is 76.6 Å². The van der Waals surface area contributed by atoms with Crippen LogP contribution in [0, 0.1) is 0 Å². The first kappa shape index (κ1) is 111. The summed E-state index contributed by atoms with van der Waals surface area (Å²) >= 11 is 0. The van der Waals surface area contributed by atoms with Gasteiger partial charge in [-0.25, -0.2) is 4.79 Å². The number of carboxylic acids is 1. The summed E-state index contributed by atoms with van der Waals surface area (Å²) in [4.78, 5) is 54.2. The van der Waals surface area contributed by atoms with E-state index < -0.39 is 309 Å². The summed E-state index contributed by atoms with van der Waals surface area (Å²) in [5.74, 6) is -8.11. The number of aliphatic carboxylic acids is 1. The summed E-state index contributed by atoms with van der Waals surface area (Å²) in [5.41, 5.74) is 0. The van der Waals surface area contributed by atoms with Crippen molar-refractivity contribution < 1.29 is 198 Å². The van der Waals surface area contributed by atoms with Gasteiger partial charge in [0.1, 0.15) is 159 Å². The Morgan fingerprint density at radius 3 is 1.36 bits per heavy atom. The van der Waals surface area contributed by atoms with Crippen molar-refractivity contribution in [1.82, 2.24) is 16.0 Å². The Morgan fingerprint density at radius 2 is 0.836 bits per heavy atom. The van der Waals surface area contributed by atoms with Gasteiger partial charge in [0.2, 0.25) is 17.7 Å². The van der Waals surface area contributed by atoms with E-state index in [1.54, 1.807) is 6.08 Å². The Kier molecular flexibility index (Phi) is 49.2. The molecule has 7 aliphatic heterocycles. The number of rotatable bonds is 57. The van der Waals surface area contributed by atoms with Crippen molar-refractivity contribution in [3.8, 4) is 0 Å². The molecule has 128 heavy (non-hydrogen) atoms. The third-order valence-electron chi connectivity index (χ3n) is 24.8. The SMILES string of the molecule is CCCCCCCCCCCCC/C=C/[C@@H](O)[C@H](CO[C@@H]1OC(CO)[C@@H](O[C@@H]2OC(CO)[C@H](O[C@@H]3OC(CO)[C@H](O)[C@H](O[C@@H]4OC(CO)[C@H](O)[C@H](O[C@H]5OC(CO)[C@H](O)[C@H](O)C5O)C4O[C@H]4OC(C)[C@@H](O)C(O)[C@@H]4O)C3NC(C)=O)[C@H](O[C@]3(C(=O)O)CC(O)[C@@H](NC(C)=O)C([C@H](O)[C@H](O)CO)O3)C2O)[C@H](O)C1O)NC(=O)CCCCCCCCCCCCCCCCC. The number of hydrogen-bond donors (Lipinski definition) is 25. The molecule has 14 unspecified atom stereocenters. The van der Waals surface area contributed by atoms with Crippen LogP contribution in [0.15, 0.2) is 12.2 Å². The molecule has 43 nitrogen and oxygen atoms in total. The molecule has 0 bridgehead atoms. The van der Waals surface area contributed by atoms with E-state index in [9.17, 15) is 132 Å². The van der Waals surface area contributed by atoms with Crippen LogP contribution in [-0.2, 0) is 85.5 Å². The number of amides is 3. The predicted molar refractivity (Wildman–Crippen MR) is 442 cm³/mol. The lowest BCUT2D eigenvalue weighted by Gasteiger charge is -2.53. The zero-order valence-electron chi connectivity index (χ0n) is 74.2. The standard InChI is InChI=1S/C85H151N3O40/c1-6-8-10-12-14-16-18-20-21-23-25-27-29-31-33-35-56(100)88-47(48(97)34-32-30-28-26-24-22-19-17-15-13-11-9-7-2)43-115-79-69(111)66(108)71(54(41-93)120-79)122-82-70(112)76(128-85(84(113)114)36-49(98)57(86-45(4)95)74(127-85)60(102)50(99)37-89)72(55(42-94)121-82)123-78-58(87-46(5)96)73(62(104)52(39-91)117-78)124-83-77(126-80-67(109)64(106)59(101)44(3)116-80)75(63(105)53(40-92)119-83)125-81-68(110)65(107)61(103)51(38-90)118-81/h32,34,44,47-55,57-83,89-94,97-99,101-112H,6-31,33,35-43H2,1-5H3,(H,86,95)(H,87,96)(H,88,100)(H,113,114)/b34-32+/t44?,47-,48+,49?,50+,51?,52?,53?,54?,55?,57+,58?,59+,60+,61-,62-,63-,64?,65-,66+,67-,68?,69?,70?,71+,72-,73+,74?,75-,76+,77?,78-,79+,80+,81+,82-,83-,85-/m0/s1. The number of allylic oxidation sites excluding steroid dienone is 1. The van der Waals surface area contributed by atoms with Crippen molar-refractivity contribution in [2.75, 3.05) is 46.2 Å². The van der Waals surface area contributed by atoms with Crippen LogP contribution < -0.4 is 16.0 Å². The molecule has 0 aromatic carbocycles. The second kappa shape index (κ2) is 56.7. The number of hydrogen-bond acceptors (Lipinski definition) is 39. The molecule has 7 saturated heterocycles. The molecule has 7 aliphatic rings. The van der Waals surface area contributed by atoms with E-state index in [4.69, 9.17) is 66.3 Å². The fourth-order valence-electron chi connectivity index (χ4n) is 17.2. The molecule has 0 radical (unpaired) electrons. The summed E-state index contributed by atoms with van der Waals surface area (Å²) in [6.45, 7) is -0.243. The first-order valence-corrected chi connectivity index (χ1v) is 46.0. The Labute approximate surface area is 746 Å². The predicted octanol–water partition coefficient (Wildman–Crippen LogP) is -4.37. The van der Waals surface area contributed by atoms with Crippen molar-refractivity contribution in [2.24, 2.45) is 0 Å². The van der Waals surface area contributed by atoms with E-state index in [-0.39, 0.29) is 6.42 Å². The number of carbonyl (C=O) groups excluding carboxylic acids is 3. The maximum absolute atomic E-state index is 14.1. The molecule has 0 aromatic rings. The quantitative estimate of drug-likeness (QED) is 0.0202. The molecule has 746 valence electrons. The first-order valence-electron chi connectivity index (χ1n) is 46.0. The van der Waals surface area contributed by atoms with Crippen LogP contribution >= 0.6 is 0 Å². The monoisotopic (exact) mass is 1850 g/mol. The summed E-state index contributed by atoms with van der Waals surface area (Å²) in [6, 6.07) is -5.18. The number of aliphatic hydroxyl groups excluding tert-OH is 21. The van der Waals surface area contributed by atoms with Crippen molar-refractivity contribution >= 4 is 23.7 Å². The average molecular weight is 1860 g/mol. The smallest absolute Gasteiger partial charge is 0.364 e. The van der Waals surface area contributed by atoms with Gasteiger partial charge < -0.3 is 195 Å². The lowest BCUT2D eigenvalue weighted by atomic mass is 9.88. The van der Waals surface area contributed by atoms with Gasteiger partial charge >= 0.3 is 5.97 Å². The number of carboxylic acid groups (broad SMARTS) is 1. The molecule has 25 N–H and O–H groups in total. The highest BCUT2D eigenvalue weighted by atomic mass is 16.8. The van der Waals surface area contributed by atoms with Crippen molar-refractivity contribution in [1.29, 1.82) is 0 Å². The highest BCUT2D eigenvalue weighted by molar-refractivity contribution is 5.77. The zero-order valence-corrected chi connectivity index (χ0v) is 74.2. The van der Waals surface area contributed by atoms with E-state index >= 15 is 0 Å². The molecule has 38 atom stereocenters. The van der Waals surface area contributed by atoms with E-state index in [1.807, 2.05) is 0 Å². The Hall–Kier alpha value is -3.78. The average Bonchev–Trinajstić information content (AvgIpc) is 0.746. The number of nitrogens with one attached hydrogen (secondary N) is 3. The van der Waals surface area contributed by atoms with E-state index in [0.717, 1.165) is 78.1 Å². The Balaban J connectivity index is 1.18. The Morgan fingerprint density at radius 1 is 0.422 bits per heavy atom. The molecule has 0 aliphatic carbocycles. The number of ether oxygens (including phenoxy) is 14. The molecule has 7 fully saturated rings. The normalized spacial score (nSPS) is 38.2. The third-order valence-corrected chi connectivity index (χ3v) is 24.8. The van der Waals surface area contributed by atoms with E-state index in [1.165, 1.54) is 109 Å². The fraction of sp³-hybridized carbons (Fsp3) is 0.929. The topological polar surface area (TPSA) is 679 Å². The first-order chi connectivity index (χ1) is 61.2. The molecular formula is C85H151N3O40. The van der Waals surface area contributed by atoms with Gasteiger partial charge in [-0.15, -0.1) is 0 Å². The van der Waals surface area contributed by atoms with Crippen molar-refractivity contribution in [3.63, 3.8) is 0 Å². The minimum Gasteiger partial charge on any atom is -0.477 e. The minimum absolute atomic E-state index is 0.0982. The van der Waals surface area contributed by atoms with E-state index in [2.05, 4.69) is 29.8 Å². The number of carbonyl (C=O) groups is 4. The molecule has 7 rings (SSSR count). The van der Waals surface area contributed by atoms with Crippen molar-refractivity contribution in [2.45, 2.75) is 453 Å². The molecular weight excluding hydrogens is 1700 g/mol. The highest BCUT2D eigenvalue weighted by Crippen LogP contribution is 2.43. The molecule has 0 saturated carbocycles. The second-order valence-corrected chi connectivity index (χ2v) is 34.9. The molecule has 43 heteroatoms. The summed E-state index contributed by atoms with van der Waals surface area (Å²) in [7, 11) is 0. The number of aliphatic hydroxyl groups is 21. The number of unbranched alkanes of at least 4 members (excludes halogenated alkanes) is 25. The van der Waals surface area contributed by atoms with Gasteiger partial charge in [-0.05, 0) is 26.2 Å². The molecule has 0 aromatic heterocycles. The van der Waals surface area contributed by atoms with Gasteiger partial charge in [-0.2, -0.15) is 0 Å². The minimum atomic E-state index is -3.50. The van der Waals surface area contributed by atoms with Crippen LogP contribution in [0.1, 0.15) is 221 Å². The molecule has 7 heterocycles. The summed E-state index contributed by atoms with van der Waals surface area (Å²) < 4.78 is 85.4. The van der Waals surface area contributed by atoms with Crippen LogP contribution in [0.25, 0.3) is 0 Å².